The number of nitrogens with one attached hydrogen (secondary N) is 1. The van der Waals surface area contributed by atoms with Gasteiger partial charge in [-0.25, -0.2) is 0 Å². The molecule has 0 bridgehead atoms. The van der Waals surface area contributed by atoms with Gasteiger partial charge in [0.2, 0.25) is 5.91 Å². The Morgan fingerprint density at radius 2 is 1.68 bits per heavy atom. The quantitative estimate of drug-likeness (QED) is 0.414. The SMILES string of the molecule is O=C(NCCc1ccccc1)[C@H]1c2ccccc2C(=O)N([C@H](CO)c2ccccc2)[C@@H]1C1C=CC(Cl)=CC1. The van der Waals surface area contributed by atoms with Crippen LogP contribution in [0.4, 0.5) is 0 Å². The monoisotopic (exact) mass is 526 g/mol. The van der Waals surface area contributed by atoms with E-state index in [4.69, 9.17) is 11.6 Å². The first-order valence-corrected chi connectivity index (χ1v) is 13.4. The molecule has 0 spiro atoms. The van der Waals surface area contributed by atoms with Crippen LogP contribution in [-0.4, -0.2) is 41.0 Å². The fourth-order valence-electron chi connectivity index (χ4n) is 5.66. The summed E-state index contributed by atoms with van der Waals surface area (Å²) >= 11 is 6.25. The number of amides is 2. The molecule has 38 heavy (non-hydrogen) atoms. The van der Waals surface area contributed by atoms with Crippen molar-refractivity contribution < 1.29 is 14.7 Å². The molecule has 1 aliphatic heterocycles. The number of nitrogens with zero attached hydrogens (tertiary/aromatic N) is 1. The molecular formula is C32H31ClN2O3. The van der Waals surface area contributed by atoms with Crippen molar-refractivity contribution in [3.63, 3.8) is 0 Å². The van der Waals surface area contributed by atoms with Gasteiger partial charge >= 0.3 is 0 Å². The van der Waals surface area contributed by atoms with E-state index in [2.05, 4.69) is 5.32 Å². The van der Waals surface area contributed by atoms with E-state index in [0.717, 1.165) is 16.7 Å². The van der Waals surface area contributed by atoms with Crippen molar-refractivity contribution in [2.75, 3.05) is 13.2 Å². The van der Waals surface area contributed by atoms with E-state index in [1.165, 1.54) is 0 Å². The minimum atomic E-state index is -0.614. The third-order valence-electron chi connectivity index (χ3n) is 7.48. The Balaban J connectivity index is 1.55. The molecule has 1 unspecified atom stereocenters. The molecule has 6 heteroatoms. The second kappa shape index (κ2) is 11.8. The molecule has 3 aromatic carbocycles. The Hall–Kier alpha value is -3.67. The highest BCUT2D eigenvalue weighted by atomic mass is 35.5. The second-order valence-electron chi connectivity index (χ2n) is 9.75. The minimum absolute atomic E-state index is 0.130. The van der Waals surface area contributed by atoms with Crippen molar-refractivity contribution in [3.05, 3.63) is 130 Å². The normalized spacial score (nSPS) is 21.4. The lowest BCUT2D eigenvalue weighted by molar-refractivity contribution is -0.125. The molecule has 4 atom stereocenters. The lowest BCUT2D eigenvalue weighted by atomic mass is 9.74. The Kier molecular flexibility index (Phi) is 8.06. The Labute approximate surface area is 228 Å². The number of hydrogen-bond acceptors (Lipinski definition) is 3. The van der Waals surface area contributed by atoms with Crippen LogP contribution in [0, 0.1) is 5.92 Å². The molecule has 0 saturated carbocycles. The third-order valence-corrected chi connectivity index (χ3v) is 7.76. The lowest BCUT2D eigenvalue weighted by Gasteiger charge is -2.48. The summed E-state index contributed by atoms with van der Waals surface area (Å²) in [6, 6.07) is 25.8. The largest absolute Gasteiger partial charge is 0.394 e. The number of carbonyl (C=O) groups excluding carboxylic acids is 2. The van der Waals surface area contributed by atoms with E-state index in [0.29, 0.717) is 30.0 Å². The number of aliphatic hydroxyl groups excluding tert-OH is 1. The maximum Gasteiger partial charge on any atom is 0.255 e. The summed E-state index contributed by atoms with van der Waals surface area (Å²) in [6.45, 7) is 0.223. The predicted octanol–water partition coefficient (Wildman–Crippen LogP) is 5.39. The Morgan fingerprint density at radius 3 is 2.37 bits per heavy atom. The number of fused-ring (bicyclic) bond motifs is 1. The zero-order valence-electron chi connectivity index (χ0n) is 21.0. The van der Waals surface area contributed by atoms with Crippen LogP contribution in [0.2, 0.25) is 0 Å². The molecule has 3 aromatic rings. The van der Waals surface area contributed by atoms with Crippen LogP contribution in [0.25, 0.3) is 0 Å². The van der Waals surface area contributed by atoms with Gasteiger partial charge in [-0.15, -0.1) is 0 Å². The summed E-state index contributed by atoms with van der Waals surface area (Å²) in [4.78, 5) is 29.8. The molecule has 2 aliphatic rings. The van der Waals surface area contributed by atoms with Gasteiger partial charge in [0.1, 0.15) is 0 Å². The van der Waals surface area contributed by atoms with Gasteiger partial charge in [-0.1, -0.05) is 103 Å². The first-order valence-electron chi connectivity index (χ1n) is 13.0. The zero-order chi connectivity index (χ0) is 26.5. The molecule has 194 valence electrons. The molecule has 0 saturated heterocycles. The van der Waals surface area contributed by atoms with E-state index in [-0.39, 0.29) is 24.3 Å². The summed E-state index contributed by atoms with van der Waals surface area (Å²) in [7, 11) is 0. The van der Waals surface area contributed by atoms with Crippen molar-refractivity contribution in [3.8, 4) is 0 Å². The maximum absolute atomic E-state index is 14.1. The Bertz CT molecular complexity index is 1340. The molecule has 0 fully saturated rings. The van der Waals surface area contributed by atoms with Crippen molar-refractivity contribution in [2.45, 2.75) is 30.8 Å². The van der Waals surface area contributed by atoms with Crippen molar-refractivity contribution in [1.29, 1.82) is 0 Å². The van der Waals surface area contributed by atoms with Gasteiger partial charge in [-0.2, -0.15) is 0 Å². The lowest BCUT2D eigenvalue weighted by Crippen LogP contribution is -2.56. The van der Waals surface area contributed by atoms with Gasteiger partial charge < -0.3 is 15.3 Å². The first kappa shape index (κ1) is 26.0. The highest BCUT2D eigenvalue weighted by molar-refractivity contribution is 6.31. The second-order valence-corrected chi connectivity index (χ2v) is 10.2. The molecule has 2 N–H and O–H groups in total. The van der Waals surface area contributed by atoms with E-state index in [9.17, 15) is 14.7 Å². The number of halogens is 1. The van der Waals surface area contributed by atoms with Crippen LogP contribution in [0.3, 0.4) is 0 Å². The van der Waals surface area contributed by atoms with Crippen LogP contribution in [-0.2, 0) is 11.2 Å². The Morgan fingerprint density at radius 1 is 1.00 bits per heavy atom. The van der Waals surface area contributed by atoms with Crippen LogP contribution >= 0.6 is 11.6 Å². The van der Waals surface area contributed by atoms with Gasteiger partial charge in [-0.05, 0) is 41.7 Å². The van der Waals surface area contributed by atoms with Gasteiger partial charge in [0.05, 0.1) is 24.6 Å². The maximum atomic E-state index is 14.1. The molecular weight excluding hydrogens is 496 g/mol. The molecule has 0 aromatic heterocycles. The molecule has 5 rings (SSSR count). The predicted molar refractivity (Wildman–Crippen MR) is 150 cm³/mol. The first-order chi connectivity index (χ1) is 18.6. The summed E-state index contributed by atoms with van der Waals surface area (Å²) in [5.74, 6) is -1.08. The van der Waals surface area contributed by atoms with E-state index >= 15 is 0 Å². The summed E-state index contributed by atoms with van der Waals surface area (Å²) in [5, 5.41) is 14.4. The van der Waals surface area contributed by atoms with E-state index in [1.54, 1.807) is 11.0 Å². The van der Waals surface area contributed by atoms with Gasteiger partial charge in [0, 0.05) is 23.1 Å². The van der Waals surface area contributed by atoms with Crippen molar-refractivity contribution in [1.82, 2.24) is 10.2 Å². The standard InChI is InChI=1S/C32H31ClN2O3/c33-25-17-15-24(16-18-25)30-29(31(37)34-20-19-22-9-3-1-4-10-22)26-13-7-8-14-27(26)32(38)35(30)28(21-36)23-11-5-2-6-12-23/h1-15,17-18,24,28-30,36H,16,19-21H2,(H,34,37)/t24?,28-,29+,30-/m1/s1. The summed E-state index contributed by atoms with van der Waals surface area (Å²) < 4.78 is 0. The number of benzene rings is 3. The molecule has 1 aliphatic carbocycles. The fraction of sp³-hybridized carbons (Fsp3) is 0.250. The molecule has 1 heterocycles. The fourth-order valence-corrected chi connectivity index (χ4v) is 5.82. The van der Waals surface area contributed by atoms with Crippen LogP contribution in [0.1, 0.15) is 45.4 Å². The topological polar surface area (TPSA) is 69.6 Å². The van der Waals surface area contributed by atoms with E-state index in [1.807, 2.05) is 97.1 Å². The smallest absolute Gasteiger partial charge is 0.255 e. The van der Waals surface area contributed by atoms with Gasteiger partial charge in [0.25, 0.3) is 5.91 Å². The summed E-state index contributed by atoms with van der Waals surface area (Å²) in [5.41, 5.74) is 3.18. The van der Waals surface area contributed by atoms with Crippen molar-refractivity contribution >= 4 is 23.4 Å². The highest BCUT2D eigenvalue weighted by Gasteiger charge is 2.48. The van der Waals surface area contributed by atoms with Crippen LogP contribution in [0.15, 0.2) is 108 Å². The van der Waals surface area contributed by atoms with Gasteiger partial charge in [0.15, 0.2) is 0 Å². The van der Waals surface area contributed by atoms with Gasteiger partial charge in [-0.3, -0.25) is 9.59 Å². The minimum Gasteiger partial charge on any atom is -0.394 e. The molecule has 5 nitrogen and oxygen atoms in total. The molecule has 0 radical (unpaired) electrons. The summed E-state index contributed by atoms with van der Waals surface area (Å²) in [6.07, 6.45) is 7.05. The average Bonchev–Trinajstić information content (AvgIpc) is 2.96. The third kappa shape index (κ3) is 5.31. The van der Waals surface area contributed by atoms with Crippen LogP contribution in [0.5, 0.6) is 0 Å². The van der Waals surface area contributed by atoms with E-state index < -0.39 is 18.0 Å². The number of carbonyl (C=O) groups is 2. The number of allylic oxidation sites excluding steroid dienone is 3. The number of hydrogen-bond donors (Lipinski definition) is 2. The highest BCUT2D eigenvalue weighted by Crippen LogP contribution is 2.43. The number of aliphatic hydroxyl groups is 1. The molecule has 2 amide bonds. The van der Waals surface area contributed by atoms with Crippen molar-refractivity contribution in [2.24, 2.45) is 5.92 Å². The average molecular weight is 527 g/mol. The zero-order valence-corrected chi connectivity index (χ0v) is 21.8. The van der Waals surface area contributed by atoms with Crippen LogP contribution < -0.4 is 5.32 Å². The number of rotatable bonds is 8.